The maximum Gasteiger partial charge on any atom is 0.307 e. The van der Waals surface area contributed by atoms with Gasteiger partial charge in [-0.2, -0.15) is 0 Å². The van der Waals surface area contributed by atoms with Crippen LogP contribution in [0.2, 0.25) is 0 Å². The topological polar surface area (TPSA) is 52.6 Å². The molecule has 0 amide bonds. The van der Waals surface area contributed by atoms with Crippen LogP contribution in [0.3, 0.4) is 0 Å². The summed E-state index contributed by atoms with van der Waals surface area (Å²) in [6.07, 6.45) is 5.07. The molecule has 0 fully saturated rings. The summed E-state index contributed by atoms with van der Waals surface area (Å²) in [5.41, 5.74) is 0. The third-order valence-electron chi connectivity index (χ3n) is 3.17. The number of esters is 2. The van der Waals surface area contributed by atoms with Crippen molar-refractivity contribution in [2.24, 2.45) is 5.92 Å². The fourth-order valence-electron chi connectivity index (χ4n) is 1.94. The highest BCUT2D eigenvalue weighted by Gasteiger charge is 2.13. The zero-order valence-corrected chi connectivity index (χ0v) is 15.2. The zero-order chi connectivity index (χ0) is 17.5. The molecule has 0 aromatic carbocycles. The number of hydrogen-bond acceptors (Lipinski definition) is 4. The van der Waals surface area contributed by atoms with E-state index in [-0.39, 0.29) is 18.0 Å². The second-order valence-electron chi connectivity index (χ2n) is 6.06. The van der Waals surface area contributed by atoms with Crippen LogP contribution in [0.4, 0.5) is 0 Å². The molecule has 0 aromatic heterocycles. The highest BCUT2D eigenvalue weighted by Crippen LogP contribution is 2.10. The molecule has 0 radical (unpaired) electrons. The Bertz CT molecular complexity index is 390. The van der Waals surface area contributed by atoms with Gasteiger partial charge in [0.05, 0.1) is 6.61 Å². The Morgan fingerprint density at radius 3 is 2.22 bits per heavy atom. The minimum Gasteiger partial charge on any atom is -0.466 e. The van der Waals surface area contributed by atoms with Crippen LogP contribution in [-0.4, -0.2) is 24.6 Å². The van der Waals surface area contributed by atoms with Crippen molar-refractivity contribution >= 4 is 11.9 Å². The maximum absolute atomic E-state index is 11.8. The van der Waals surface area contributed by atoms with Gasteiger partial charge in [-0.1, -0.05) is 46.0 Å². The quantitative estimate of drug-likeness (QED) is 0.324. The van der Waals surface area contributed by atoms with Gasteiger partial charge in [0.2, 0.25) is 0 Å². The van der Waals surface area contributed by atoms with Crippen molar-refractivity contribution in [2.75, 3.05) is 6.61 Å². The highest BCUT2D eigenvalue weighted by molar-refractivity contribution is 5.70. The Labute approximate surface area is 141 Å². The lowest BCUT2D eigenvalue weighted by Crippen LogP contribution is -2.18. The van der Waals surface area contributed by atoms with E-state index in [1.807, 2.05) is 6.92 Å². The lowest BCUT2D eigenvalue weighted by atomic mass is 10.1. The van der Waals surface area contributed by atoms with E-state index < -0.39 is 0 Å². The number of hydrogen-bond donors (Lipinski definition) is 0. The van der Waals surface area contributed by atoms with Crippen molar-refractivity contribution in [3.05, 3.63) is 0 Å². The van der Waals surface area contributed by atoms with Gasteiger partial charge in [0, 0.05) is 19.3 Å². The molecule has 0 rings (SSSR count). The van der Waals surface area contributed by atoms with Gasteiger partial charge in [0.1, 0.15) is 0 Å². The Morgan fingerprint density at radius 2 is 1.65 bits per heavy atom. The minimum absolute atomic E-state index is 0.182. The van der Waals surface area contributed by atoms with Gasteiger partial charge in [-0.05, 0) is 31.6 Å². The van der Waals surface area contributed by atoms with Crippen molar-refractivity contribution in [2.45, 2.75) is 85.2 Å². The van der Waals surface area contributed by atoms with Gasteiger partial charge in [-0.25, -0.2) is 0 Å². The fraction of sp³-hybridized carbons (Fsp3) is 0.789. The van der Waals surface area contributed by atoms with Crippen molar-refractivity contribution in [1.82, 2.24) is 0 Å². The summed E-state index contributed by atoms with van der Waals surface area (Å²) in [6, 6.07) is 0. The van der Waals surface area contributed by atoms with Crippen molar-refractivity contribution in [3.8, 4) is 11.8 Å². The van der Waals surface area contributed by atoms with Crippen LogP contribution in [0.25, 0.3) is 0 Å². The van der Waals surface area contributed by atoms with Crippen LogP contribution >= 0.6 is 0 Å². The molecule has 0 N–H and O–H groups in total. The van der Waals surface area contributed by atoms with E-state index in [4.69, 9.17) is 9.47 Å². The van der Waals surface area contributed by atoms with E-state index in [1.165, 1.54) is 0 Å². The minimum atomic E-state index is -0.318. The Kier molecular flexibility index (Phi) is 13.2. The number of carbonyl (C=O) groups excluding carboxylic acids is 2. The monoisotopic (exact) mass is 324 g/mol. The van der Waals surface area contributed by atoms with Gasteiger partial charge in [0.25, 0.3) is 0 Å². The van der Waals surface area contributed by atoms with Crippen molar-refractivity contribution < 1.29 is 19.1 Å². The number of carbonyl (C=O) groups is 2. The van der Waals surface area contributed by atoms with Crippen LogP contribution in [0.5, 0.6) is 0 Å². The first kappa shape index (κ1) is 21.5. The summed E-state index contributed by atoms with van der Waals surface area (Å²) in [5.74, 6) is 5.99. The summed E-state index contributed by atoms with van der Waals surface area (Å²) >= 11 is 0. The normalized spacial score (nSPS) is 11.5. The van der Waals surface area contributed by atoms with Gasteiger partial charge in [-0.3, -0.25) is 9.59 Å². The molecule has 0 aliphatic heterocycles. The molecule has 0 aromatic rings. The van der Waals surface area contributed by atoms with E-state index in [2.05, 4.69) is 32.6 Å². The standard InChI is InChI=1S/C19H32O4/c1-5-7-11-17(15-16(3)4)23-19(21)13-10-9-12-18(20)22-14-8-6-2/h16-17H,5-6,8-10,12-15H2,1-4H3. The van der Waals surface area contributed by atoms with Crippen LogP contribution in [0.15, 0.2) is 0 Å². The summed E-state index contributed by atoms with van der Waals surface area (Å²) < 4.78 is 10.5. The second-order valence-corrected chi connectivity index (χ2v) is 6.06. The molecular formula is C19H32O4. The third-order valence-corrected chi connectivity index (χ3v) is 3.17. The number of rotatable bonds is 11. The second kappa shape index (κ2) is 14.1. The van der Waals surface area contributed by atoms with E-state index in [0.29, 0.717) is 38.2 Å². The average molecular weight is 324 g/mol. The molecule has 0 aliphatic rings. The van der Waals surface area contributed by atoms with E-state index in [1.54, 1.807) is 0 Å². The summed E-state index contributed by atoms with van der Waals surface area (Å²) in [5, 5.41) is 0. The highest BCUT2D eigenvalue weighted by atomic mass is 16.5. The van der Waals surface area contributed by atoms with E-state index in [9.17, 15) is 9.59 Å². The molecule has 0 spiro atoms. The zero-order valence-electron chi connectivity index (χ0n) is 15.2. The predicted molar refractivity (Wildman–Crippen MR) is 91.7 cm³/mol. The molecule has 0 saturated carbocycles. The predicted octanol–water partition coefficient (Wildman–Crippen LogP) is 4.26. The van der Waals surface area contributed by atoms with Crippen molar-refractivity contribution in [3.63, 3.8) is 0 Å². The van der Waals surface area contributed by atoms with Crippen LogP contribution in [0.1, 0.15) is 79.1 Å². The lowest BCUT2D eigenvalue weighted by Gasteiger charge is -2.14. The Morgan fingerprint density at radius 1 is 1.00 bits per heavy atom. The average Bonchev–Trinajstić information content (AvgIpc) is 2.49. The number of ether oxygens (including phenoxy) is 2. The van der Waals surface area contributed by atoms with Gasteiger partial charge >= 0.3 is 11.9 Å². The Balaban J connectivity index is 3.92. The molecule has 4 nitrogen and oxygen atoms in total. The van der Waals surface area contributed by atoms with Gasteiger partial charge in [-0.15, -0.1) is 0 Å². The third kappa shape index (κ3) is 13.9. The summed E-state index contributed by atoms with van der Waals surface area (Å²) in [7, 11) is 0. The van der Waals surface area contributed by atoms with E-state index >= 15 is 0 Å². The molecule has 4 heteroatoms. The molecule has 1 atom stereocenters. The molecular weight excluding hydrogens is 292 g/mol. The first-order valence-corrected chi connectivity index (χ1v) is 8.83. The lowest BCUT2D eigenvalue weighted by molar-refractivity contribution is -0.148. The largest absolute Gasteiger partial charge is 0.466 e. The molecule has 1 unspecified atom stereocenters. The molecule has 0 aliphatic carbocycles. The van der Waals surface area contributed by atoms with E-state index in [0.717, 1.165) is 25.7 Å². The molecule has 132 valence electrons. The van der Waals surface area contributed by atoms with Crippen LogP contribution in [-0.2, 0) is 19.1 Å². The van der Waals surface area contributed by atoms with Gasteiger partial charge < -0.3 is 9.47 Å². The molecule has 0 saturated heterocycles. The first-order valence-electron chi connectivity index (χ1n) is 8.83. The smallest absolute Gasteiger partial charge is 0.307 e. The molecule has 23 heavy (non-hydrogen) atoms. The maximum atomic E-state index is 11.8. The summed E-state index contributed by atoms with van der Waals surface area (Å²) in [6.45, 7) is 8.68. The Hall–Kier alpha value is -1.50. The SMILES string of the molecule is CCC#CC(CC(C)C)OC(=O)CCCCC(=O)OCCCC. The van der Waals surface area contributed by atoms with Crippen LogP contribution in [0, 0.1) is 17.8 Å². The molecule has 0 bridgehead atoms. The molecule has 0 heterocycles. The van der Waals surface area contributed by atoms with Crippen LogP contribution < -0.4 is 0 Å². The fourth-order valence-corrected chi connectivity index (χ4v) is 1.94. The van der Waals surface area contributed by atoms with Crippen molar-refractivity contribution in [1.29, 1.82) is 0 Å². The van der Waals surface area contributed by atoms with Gasteiger partial charge in [0.15, 0.2) is 6.10 Å². The first-order chi connectivity index (χ1) is 11.0. The number of unbranched alkanes of at least 4 members (excludes halogenated alkanes) is 2. The summed E-state index contributed by atoms with van der Waals surface area (Å²) in [4.78, 5) is 23.3.